The normalized spacial score (nSPS) is 35.9. The Labute approximate surface area is 173 Å². The molecule has 3 N–H and O–H groups in total. The van der Waals surface area contributed by atoms with E-state index < -0.39 is 35.5 Å². The maximum atomic E-state index is 13.5. The molecule has 1 aromatic heterocycles. The average Bonchev–Trinajstić information content (AvgIpc) is 3.45. The van der Waals surface area contributed by atoms with Gasteiger partial charge >= 0.3 is 0 Å². The molecule has 4 aliphatic rings. The van der Waals surface area contributed by atoms with Gasteiger partial charge in [-0.25, -0.2) is 0 Å². The van der Waals surface area contributed by atoms with Gasteiger partial charge in [-0.15, -0.1) is 11.3 Å². The lowest BCUT2D eigenvalue weighted by atomic mass is 9.74. The number of amides is 3. The van der Waals surface area contributed by atoms with Gasteiger partial charge in [0.1, 0.15) is 11.6 Å². The predicted molar refractivity (Wildman–Crippen MR) is 107 cm³/mol. The first-order valence-corrected chi connectivity index (χ1v) is 11.2. The van der Waals surface area contributed by atoms with Crippen molar-refractivity contribution in [2.75, 3.05) is 0 Å². The number of primary amides is 1. The number of nitrogens with zero attached hydrogens (tertiary/aromatic N) is 1. The summed E-state index contributed by atoms with van der Waals surface area (Å²) in [7, 11) is 0. The summed E-state index contributed by atoms with van der Waals surface area (Å²) < 4.78 is 6.17. The van der Waals surface area contributed by atoms with Gasteiger partial charge in [-0.1, -0.05) is 37.5 Å². The molecular formula is C21H25N3O4S. The van der Waals surface area contributed by atoms with E-state index in [1.165, 1.54) is 17.8 Å². The molecule has 1 aromatic rings. The van der Waals surface area contributed by atoms with E-state index in [1.807, 2.05) is 23.6 Å². The van der Waals surface area contributed by atoms with Gasteiger partial charge in [-0.2, -0.15) is 0 Å². The number of fused-ring (bicyclic) bond motifs is 1. The Bertz CT molecular complexity index is 863. The minimum absolute atomic E-state index is 0.125. The van der Waals surface area contributed by atoms with Crippen molar-refractivity contribution in [2.45, 2.75) is 62.4 Å². The third-order valence-electron chi connectivity index (χ3n) is 6.81. The second-order valence-electron chi connectivity index (χ2n) is 8.49. The third-order valence-corrected chi connectivity index (χ3v) is 7.67. The molecule has 3 amide bonds. The summed E-state index contributed by atoms with van der Waals surface area (Å²) in [6.07, 6.45) is 8.38. The second-order valence-corrected chi connectivity index (χ2v) is 9.52. The molecule has 1 spiro atoms. The highest BCUT2D eigenvalue weighted by atomic mass is 32.1. The fraction of sp³-hybridized carbons (Fsp3) is 0.571. The SMILES string of the molecule is NC(=O)[C@@H]1[C@H]2C=C[C@]3(O2)[C@H](C(=O)NC2CCCCC2)N(Cc2cccs2)C(=O)[C@@H]13. The average molecular weight is 416 g/mol. The van der Waals surface area contributed by atoms with Crippen LogP contribution in [-0.4, -0.2) is 46.4 Å². The van der Waals surface area contributed by atoms with Gasteiger partial charge in [-0.3, -0.25) is 14.4 Å². The monoisotopic (exact) mass is 415 g/mol. The van der Waals surface area contributed by atoms with E-state index >= 15 is 0 Å². The molecule has 1 saturated carbocycles. The third kappa shape index (κ3) is 2.84. The van der Waals surface area contributed by atoms with Gasteiger partial charge in [0.25, 0.3) is 0 Å². The second kappa shape index (κ2) is 6.95. The largest absolute Gasteiger partial charge is 0.369 e. The van der Waals surface area contributed by atoms with Crippen LogP contribution in [-0.2, 0) is 25.7 Å². The Morgan fingerprint density at radius 2 is 2.10 bits per heavy atom. The van der Waals surface area contributed by atoms with Crippen molar-refractivity contribution >= 4 is 29.1 Å². The maximum Gasteiger partial charge on any atom is 0.246 e. The zero-order valence-electron chi connectivity index (χ0n) is 16.1. The Morgan fingerprint density at radius 1 is 1.31 bits per heavy atom. The van der Waals surface area contributed by atoms with Crippen LogP contribution in [0.1, 0.15) is 37.0 Å². The number of ether oxygens (including phenoxy) is 1. The van der Waals surface area contributed by atoms with Crippen molar-refractivity contribution in [1.29, 1.82) is 0 Å². The van der Waals surface area contributed by atoms with Crippen LogP contribution in [0.4, 0.5) is 0 Å². The van der Waals surface area contributed by atoms with Crippen molar-refractivity contribution in [3.63, 3.8) is 0 Å². The number of hydrogen-bond acceptors (Lipinski definition) is 5. The van der Waals surface area contributed by atoms with Crippen molar-refractivity contribution in [3.05, 3.63) is 34.5 Å². The van der Waals surface area contributed by atoms with Crippen LogP contribution in [0.25, 0.3) is 0 Å². The van der Waals surface area contributed by atoms with Crippen LogP contribution in [0, 0.1) is 11.8 Å². The summed E-state index contributed by atoms with van der Waals surface area (Å²) in [6, 6.07) is 3.19. The fourth-order valence-corrected chi connectivity index (χ4v) is 6.26. The molecular weight excluding hydrogens is 390 g/mol. The summed E-state index contributed by atoms with van der Waals surface area (Å²) in [5.41, 5.74) is 4.52. The summed E-state index contributed by atoms with van der Waals surface area (Å²) in [4.78, 5) is 41.6. The van der Waals surface area contributed by atoms with Gasteiger partial charge in [0.05, 0.1) is 24.5 Å². The Kier molecular flexibility index (Phi) is 4.51. The summed E-state index contributed by atoms with van der Waals surface area (Å²) in [5, 5.41) is 5.11. The van der Waals surface area contributed by atoms with E-state index in [9.17, 15) is 14.4 Å². The molecule has 4 heterocycles. The minimum atomic E-state index is -1.11. The molecule has 0 unspecified atom stereocenters. The highest BCUT2D eigenvalue weighted by molar-refractivity contribution is 7.09. The smallest absolute Gasteiger partial charge is 0.246 e. The van der Waals surface area contributed by atoms with Crippen LogP contribution in [0.15, 0.2) is 29.7 Å². The Hall–Kier alpha value is -2.19. The molecule has 154 valence electrons. The molecule has 1 aliphatic carbocycles. The number of carbonyl (C=O) groups excluding carboxylic acids is 3. The molecule has 5 atom stereocenters. The van der Waals surface area contributed by atoms with E-state index in [0.29, 0.717) is 6.54 Å². The number of rotatable bonds is 5. The number of nitrogens with one attached hydrogen (secondary N) is 1. The number of carbonyl (C=O) groups is 3. The molecule has 29 heavy (non-hydrogen) atoms. The van der Waals surface area contributed by atoms with Crippen molar-refractivity contribution in [3.8, 4) is 0 Å². The van der Waals surface area contributed by atoms with Crippen molar-refractivity contribution < 1.29 is 19.1 Å². The molecule has 0 radical (unpaired) electrons. The number of thiophene rings is 1. The predicted octanol–water partition coefficient (Wildman–Crippen LogP) is 1.33. The molecule has 7 nitrogen and oxygen atoms in total. The van der Waals surface area contributed by atoms with Gasteiger partial charge in [0.15, 0.2) is 0 Å². The first-order chi connectivity index (χ1) is 14.0. The quantitative estimate of drug-likeness (QED) is 0.709. The molecule has 5 rings (SSSR count). The minimum Gasteiger partial charge on any atom is -0.369 e. The first kappa shape index (κ1) is 18.8. The summed E-state index contributed by atoms with van der Waals surface area (Å²) in [5.74, 6) is -2.44. The highest BCUT2D eigenvalue weighted by Crippen LogP contribution is 2.55. The summed E-state index contributed by atoms with van der Waals surface area (Å²) >= 11 is 1.54. The number of nitrogens with two attached hydrogens (primary N) is 1. The molecule has 8 heteroatoms. The first-order valence-electron chi connectivity index (χ1n) is 10.3. The number of hydrogen-bond donors (Lipinski definition) is 2. The number of likely N-dealkylation sites (tertiary alicyclic amines) is 1. The van der Waals surface area contributed by atoms with Crippen LogP contribution in [0.3, 0.4) is 0 Å². The standard InChI is InChI=1S/C21H25N3O4S/c22-18(25)15-14-8-9-21(28-14)16(15)20(27)24(11-13-7-4-10-29-13)17(21)19(26)23-12-5-2-1-3-6-12/h4,7-10,12,14-17H,1-3,5-6,11H2,(H2,22,25)(H,23,26)/t14-,15-,16-,17+,21-/m1/s1. The van der Waals surface area contributed by atoms with E-state index in [2.05, 4.69) is 5.32 Å². The van der Waals surface area contributed by atoms with Crippen molar-refractivity contribution in [1.82, 2.24) is 10.2 Å². The van der Waals surface area contributed by atoms with Gasteiger partial charge < -0.3 is 20.7 Å². The van der Waals surface area contributed by atoms with E-state index in [0.717, 1.165) is 30.6 Å². The van der Waals surface area contributed by atoms with Gasteiger partial charge in [-0.05, 0) is 24.3 Å². The van der Waals surface area contributed by atoms with E-state index in [4.69, 9.17) is 10.5 Å². The zero-order chi connectivity index (χ0) is 20.2. The topological polar surface area (TPSA) is 102 Å². The van der Waals surface area contributed by atoms with Gasteiger partial charge in [0.2, 0.25) is 17.7 Å². The van der Waals surface area contributed by atoms with Crippen LogP contribution in [0.2, 0.25) is 0 Å². The zero-order valence-corrected chi connectivity index (χ0v) is 16.9. The molecule has 3 fully saturated rings. The lowest BCUT2D eigenvalue weighted by Gasteiger charge is -2.34. The molecule has 0 aromatic carbocycles. The summed E-state index contributed by atoms with van der Waals surface area (Å²) in [6.45, 7) is 0.324. The van der Waals surface area contributed by atoms with E-state index in [-0.39, 0.29) is 17.9 Å². The Morgan fingerprint density at radius 3 is 2.79 bits per heavy atom. The maximum absolute atomic E-state index is 13.5. The van der Waals surface area contributed by atoms with Crippen molar-refractivity contribution in [2.24, 2.45) is 17.6 Å². The van der Waals surface area contributed by atoms with Gasteiger partial charge in [0, 0.05) is 10.9 Å². The highest BCUT2D eigenvalue weighted by Gasteiger charge is 2.72. The van der Waals surface area contributed by atoms with Crippen LogP contribution in [0.5, 0.6) is 0 Å². The molecule has 2 saturated heterocycles. The fourth-order valence-electron chi connectivity index (χ4n) is 5.56. The molecule has 3 aliphatic heterocycles. The van der Waals surface area contributed by atoms with Crippen LogP contribution >= 0.6 is 11.3 Å². The molecule has 2 bridgehead atoms. The van der Waals surface area contributed by atoms with E-state index in [1.54, 1.807) is 11.0 Å². The Balaban J connectivity index is 1.49. The van der Waals surface area contributed by atoms with Crippen LogP contribution < -0.4 is 11.1 Å². The lowest BCUT2D eigenvalue weighted by Crippen LogP contribution is -2.56. The lowest BCUT2D eigenvalue weighted by molar-refractivity contribution is -0.142.